The molecule has 1 saturated heterocycles. The Morgan fingerprint density at radius 1 is 1.14 bits per heavy atom. The van der Waals surface area contributed by atoms with E-state index in [1.54, 1.807) is 6.92 Å². The van der Waals surface area contributed by atoms with Gasteiger partial charge in [-0.3, -0.25) is 9.69 Å². The van der Waals surface area contributed by atoms with E-state index in [2.05, 4.69) is 10.3 Å². The number of nitrogens with one attached hydrogen (secondary N) is 1. The van der Waals surface area contributed by atoms with Gasteiger partial charge in [-0.25, -0.2) is 18.6 Å². The van der Waals surface area contributed by atoms with Crippen LogP contribution in [-0.4, -0.2) is 21.8 Å². The summed E-state index contributed by atoms with van der Waals surface area (Å²) in [5, 5.41) is 2.47. The molecule has 1 aliphatic heterocycles. The van der Waals surface area contributed by atoms with Crippen molar-refractivity contribution in [1.29, 1.82) is 0 Å². The molecule has 1 fully saturated rings. The number of halogens is 2. The zero-order chi connectivity index (χ0) is 20.8. The molecule has 2 aromatic carbocycles. The second-order valence-electron chi connectivity index (χ2n) is 6.96. The number of rotatable bonds is 4. The molecule has 6 nitrogen and oxygen atoms in total. The molecule has 1 N–H and O–H groups in total. The maximum Gasteiger partial charge on any atom is 0.325 e. The number of urea groups is 1. The van der Waals surface area contributed by atoms with E-state index in [9.17, 15) is 18.4 Å². The van der Waals surface area contributed by atoms with E-state index in [0.717, 1.165) is 28.7 Å². The van der Waals surface area contributed by atoms with E-state index in [0.29, 0.717) is 17.3 Å². The fourth-order valence-corrected chi connectivity index (χ4v) is 3.33. The Labute approximate surface area is 165 Å². The summed E-state index contributed by atoms with van der Waals surface area (Å²) in [6, 6.07) is 11.3. The van der Waals surface area contributed by atoms with Crippen molar-refractivity contribution in [3.63, 3.8) is 0 Å². The van der Waals surface area contributed by atoms with Gasteiger partial charge in [-0.15, -0.1) is 0 Å². The summed E-state index contributed by atoms with van der Waals surface area (Å²) in [5.41, 5.74) is -0.800. The van der Waals surface area contributed by atoms with Gasteiger partial charge in [-0.05, 0) is 44.2 Å². The Morgan fingerprint density at radius 2 is 1.86 bits per heavy atom. The van der Waals surface area contributed by atoms with Crippen LogP contribution in [0.3, 0.4) is 0 Å². The molecule has 0 saturated carbocycles. The smallest absolute Gasteiger partial charge is 0.325 e. The predicted octanol–water partition coefficient (Wildman–Crippen LogP) is 3.90. The number of carbonyl (C=O) groups excluding carboxylic acids is 2. The second-order valence-corrected chi connectivity index (χ2v) is 6.96. The SMILES string of the molecule is Cc1oc(-c2ccccc2)nc1CN1C(=O)N[C@@](C)(c2cc(F)ccc2F)C1=O. The molecule has 0 radical (unpaired) electrons. The molecule has 8 heteroatoms. The molecule has 0 unspecified atom stereocenters. The number of benzene rings is 2. The lowest BCUT2D eigenvalue weighted by molar-refractivity contribution is -0.131. The molecule has 0 aliphatic carbocycles. The average Bonchev–Trinajstić information content (AvgIpc) is 3.17. The van der Waals surface area contributed by atoms with Crippen LogP contribution >= 0.6 is 0 Å². The zero-order valence-electron chi connectivity index (χ0n) is 15.7. The van der Waals surface area contributed by atoms with Gasteiger partial charge in [0.05, 0.1) is 6.54 Å². The topological polar surface area (TPSA) is 75.4 Å². The minimum absolute atomic E-state index is 0.153. The number of aromatic nitrogens is 1. The number of aryl methyl sites for hydroxylation is 1. The maximum absolute atomic E-state index is 14.3. The Balaban J connectivity index is 1.64. The number of imide groups is 1. The number of hydrogen-bond acceptors (Lipinski definition) is 4. The van der Waals surface area contributed by atoms with E-state index in [1.165, 1.54) is 6.92 Å². The summed E-state index contributed by atoms with van der Waals surface area (Å²) in [4.78, 5) is 30.8. The van der Waals surface area contributed by atoms with Crippen molar-refractivity contribution >= 4 is 11.9 Å². The number of hydrogen-bond donors (Lipinski definition) is 1. The monoisotopic (exact) mass is 397 g/mol. The normalized spacial score (nSPS) is 19.0. The van der Waals surface area contributed by atoms with Crippen molar-refractivity contribution < 1.29 is 22.8 Å². The fraction of sp³-hybridized carbons (Fsp3) is 0.190. The lowest BCUT2D eigenvalue weighted by Gasteiger charge is -2.22. The van der Waals surface area contributed by atoms with Crippen molar-refractivity contribution in [3.8, 4) is 11.5 Å². The van der Waals surface area contributed by atoms with Crippen LogP contribution in [-0.2, 0) is 16.9 Å². The highest BCUT2D eigenvalue weighted by molar-refractivity contribution is 6.07. The van der Waals surface area contributed by atoms with Crippen LogP contribution in [0.5, 0.6) is 0 Å². The van der Waals surface area contributed by atoms with Crippen molar-refractivity contribution in [2.24, 2.45) is 0 Å². The minimum atomic E-state index is -1.72. The van der Waals surface area contributed by atoms with Crippen LogP contribution in [0.15, 0.2) is 52.9 Å². The number of nitrogens with zero attached hydrogens (tertiary/aromatic N) is 2. The van der Waals surface area contributed by atoms with Crippen LogP contribution < -0.4 is 5.32 Å². The van der Waals surface area contributed by atoms with Gasteiger partial charge in [0.15, 0.2) is 0 Å². The molecule has 1 aromatic heterocycles. The maximum atomic E-state index is 14.3. The molecule has 2 heterocycles. The highest BCUT2D eigenvalue weighted by Gasteiger charge is 2.50. The van der Waals surface area contributed by atoms with Gasteiger partial charge < -0.3 is 9.73 Å². The fourth-order valence-electron chi connectivity index (χ4n) is 3.33. The third kappa shape index (κ3) is 3.16. The lowest BCUT2D eigenvalue weighted by Crippen LogP contribution is -2.41. The van der Waals surface area contributed by atoms with Crippen molar-refractivity contribution in [1.82, 2.24) is 15.2 Å². The summed E-state index contributed by atoms with van der Waals surface area (Å²) < 4.78 is 33.6. The molecule has 3 aromatic rings. The first kappa shape index (κ1) is 18.8. The van der Waals surface area contributed by atoms with E-state index in [1.807, 2.05) is 30.3 Å². The number of oxazole rings is 1. The molecule has 0 spiro atoms. The Bertz CT molecular complexity index is 1110. The molecule has 29 heavy (non-hydrogen) atoms. The standard InChI is InChI=1S/C21H17F2N3O3/c1-12-17(24-18(29-12)13-6-4-3-5-7-13)11-26-19(27)21(2,25-20(26)28)15-10-14(22)8-9-16(15)23/h3-10H,11H2,1-2H3,(H,25,28)/t21-/m0/s1. The third-order valence-corrected chi connectivity index (χ3v) is 4.96. The molecule has 4 rings (SSSR count). The summed E-state index contributed by atoms with van der Waals surface area (Å²) in [6.45, 7) is 2.87. The quantitative estimate of drug-likeness (QED) is 0.678. The van der Waals surface area contributed by atoms with Gasteiger partial charge in [-0.1, -0.05) is 18.2 Å². The Morgan fingerprint density at radius 3 is 2.59 bits per heavy atom. The minimum Gasteiger partial charge on any atom is -0.441 e. The summed E-state index contributed by atoms with van der Waals surface area (Å²) in [7, 11) is 0. The van der Waals surface area contributed by atoms with Crippen LogP contribution in [0, 0.1) is 18.6 Å². The first-order valence-corrected chi connectivity index (χ1v) is 8.91. The van der Waals surface area contributed by atoms with Gasteiger partial charge in [0, 0.05) is 11.1 Å². The molecule has 1 aliphatic rings. The van der Waals surface area contributed by atoms with Gasteiger partial charge in [0.25, 0.3) is 5.91 Å². The van der Waals surface area contributed by atoms with Crippen molar-refractivity contribution in [3.05, 3.63) is 77.2 Å². The summed E-state index contributed by atoms with van der Waals surface area (Å²) in [6.07, 6.45) is 0. The highest BCUT2D eigenvalue weighted by atomic mass is 19.1. The van der Waals surface area contributed by atoms with Crippen molar-refractivity contribution in [2.45, 2.75) is 25.9 Å². The molecular formula is C21H17F2N3O3. The number of amides is 3. The molecular weight excluding hydrogens is 380 g/mol. The first-order chi connectivity index (χ1) is 13.8. The zero-order valence-corrected chi connectivity index (χ0v) is 15.7. The lowest BCUT2D eigenvalue weighted by atomic mass is 9.91. The van der Waals surface area contributed by atoms with E-state index >= 15 is 0 Å². The molecule has 1 atom stereocenters. The van der Waals surface area contributed by atoms with E-state index in [-0.39, 0.29) is 12.1 Å². The molecule has 148 valence electrons. The Kier molecular flexibility index (Phi) is 4.41. The predicted molar refractivity (Wildman–Crippen MR) is 99.5 cm³/mol. The van der Waals surface area contributed by atoms with Gasteiger partial charge >= 0.3 is 6.03 Å². The number of carbonyl (C=O) groups is 2. The van der Waals surface area contributed by atoms with Crippen LogP contribution in [0.25, 0.3) is 11.5 Å². The van der Waals surface area contributed by atoms with Crippen LogP contribution in [0.1, 0.15) is 23.9 Å². The van der Waals surface area contributed by atoms with Gasteiger partial charge in [-0.2, -0.15) is 0 Å². The summed E-state index contributed by atoms with van der Waals surface area (Å²) >= 11 is 0. The molecule has 0 bridgehead atoms. The third-order valence-electron chi connectivity index (χ3n) is 4.96. The summed E-state index contributed by atoms with van der Waals surface area (Å²) in [5.74, 6) is -1.37. The molecule has 3 amide bonds. The van der Waals surface area contributed by atoms with Gasteiger partial charge in [0.2, 0.25) is 5.89 Å². The average molecular weight is 397 g/mol. The van der Waals surface area contributed by atoms with E-state index in [4.69, 9.17) is 4.42 Å². The highest BCUT2D eigenvalue weighted by Crippen LogP contribution is 2.32. The van der Waals surface area contributed by atoms with Crippen LogP contribution in [0.2, 0.25) is 0 Å². The van der Waals surface area contributed by atoms with Gasteiger partial charge in [0.1, 0.15) is 28.6 Å². The second kappa shape index (κ2) is 6.80. The van der Waals surface area contributed by atoms with E-state index < -0.39 is 29.1 Å². The first-order valence-electron chi connectivity index (χ1n) is 8.91. The Hall–Kier alpha value is -3.55. The largest absolute Gasteiger partial charge is 0.441 e. The van der Waals surface area contributed by atoms with Crippen molar-refractivity contribution in [2.75, 3.05) is 0 Å². The van der Waals surface area contributed by atoms with Crippen LogP contribution in [0.4, 0.5) is 13.6 Å².